The first-order valence-electron chi connectivity index (χ1n) is 8.07. The zero-order valence-electron chi connectivity index (χ0n) is 14.2. The minimum atomic E-state index is -0.851. The van der Waals surface area contributed by atoms with Gasteiger partial charge in [-0.15, -0.1) is 0 Å². The number of aliphatic carboxylic acids is 1. The summed E-state index contributed by atoms with van der Waals surface area (Å²) in [5.74, 6) is -0.0343. The molecule has 130 valence electrons. The Morgan fingerprint density at radius 2 is 2.00 bits per heavy atom. The van der Waals surface area contributed by atoms with Crippen LogP contribution in [0.2, 0.25) is 5.02 Å². The molecule has 0 amide bonds. The van der Waals surface area contributed by atoms with E-state index in [2.05, 4.69) is 16.7 Å². The maximum atomic E-state index is 11.2. The van der Waals surface area contributed by atoms with E-state index in [9.17, 15) is 9.90 Å². The van der Waals surface area contributed by atoms with E-state index in [1.807, 2.05) is 36.4 Å². The van der Waals surface area contributed by atoms with Crippen molar-refractivity contribution in [3.05, 3.63) is 64.9 Å². The smallest absolute Gasteiger partial charge is 0.320 e. The maximum absolute atomic E-state index is 11.2. The Bertz CT molecular complexity index is 892. The summed E-state index contributed by atoms with van der Waals surface area (Å²) in [5, 5.41) is 9.86. The first-order chi connectivity index (χ1) is 12.0. The van der Waals surface area contributed by atoms with Crippen LogP contribution in [0.25, 0.3) is 11.0 Å². The van der Waals surface area contributed by atoms with Crippen LogP contribution in [0, 0.1) is 0 Å². The molecule has 25 heavy (non-hydrogen) atoms. The van der Waals surface area contributed by atoms with Crippen molar-refractivity contribution in [2.45, 2.75) is 26.1 Å². The summed E-state index contributed by atoms with van der Waals surface area (Å²) in [6.45, 7) is 2.78. The molecule has 0 aliphatic carbocycles. The topological polar surface area (TPSA) is 58.4 Å². The Morgan fingerprint density at radius 1 is 1.28 bits per heavy atom. The van der Waals surface area contributed by atoms with E-state index in [1.165, 1.54) is 0 Å². The van der Waals surface area contributed by atoms with Gasteiger partial charge in [-0.05, 0) is 37.7 Å². The average molecular weight is 358 g/mol. The number of carboxylic acid groups (broad SMARTS) is 1. The third-order valence-electron chi connectivity index (χ3n) is 4.38. The lowest BCUT2D eigenvalue weighted by Crippen LogP contribution is -2.36. The molecule has 6 heteroatoms. The van der Waals surface area contributed by atoms with Crippen LogP contribution in [0.15, 0.2) is 48.5 Å². The number of carbonyl (C=O) groups is 1. The number of nitrogens with zero attached hydrogens (tertiary/aromatic N) is 3. The number of halogens is 1. The van der Waals surface area contributed by atoms with Crippen LogP contribution in [0.3, 0.4) is 0 Å². The van der Waals surface area contributed by atoms with Gasteiger partial charge in [0.15, 0.2) is 0 Å². The lowest BCUT2D eigenvalue weighted by atomic mass is 10.2. The van der Waals surface area contributed by atoms with E-state index >= 15 is 0 Å². The number of hydrogen-bond acceptors (Lipinski definition) is 3. The fourth-order valence-electron chi connectivity index (χ4n) is 2.76. The molecule has 1 atom stereocenters. The molecule has 0 aliphatic heterocycles. The number of hydrogen-bond donors (Lipinski definition) is 1. The zero-order chi connectivity index (χ0) is 18.0. The Morgan fingerprint density at radius 3 is 2.68 bits per heavy atom. The summed E-state index contributed by atoms with van der Waals surface area (Å²) in [7, 11) is 1.79. The van der Waals surface area contributed by atoms with E-state index in [0.29, 0.717) is 18.1 Å². The predicted octanol–water partition coefficient (Wildman–Crippen LogP) is 3.64. The van der Waals surface area contributed by atoms with Gasteiger partial charge in [0.05, 0.1) is 17.6 Å². The Hall–Kier alpha value is -2.37. The highest BCUT2D eigenvalue weighted by molar-refractivity contribution is 6.31. The molecule has 1 aromatic heterocycles. The molecule has 0 fully saturated rings. The fraction of sp³-hybridized carbons (Fsp3) is 0.263. The van der Waals surface area contributed by atoms with Gasteiger partial charge in [-0.3, -0.25) is 9.69 Å². The lowest BCUT2D eigenvalue weighted by Gasteiger charge is -2.21. The minimum absolute atomic E-state index is 0.437. The highest BCUT2D eigenvalue weighted by atomic mass is 35.5. The normalized spacial score (nSPS) is 12.6. The summed E-state index contributed by atoms with van der Waals surface area (Å²) in [6.07, 6.45) is 0. The number of likely N-dealkylation sites (N-methyl/N-ethyl adjacent to an activating group) is 1. The van der Waals surface area contributed by atoms with Gasteiger partial charge in [0.1, 0.15) is 11.9 Å². The molecule has 2 aromatic carbocycles. The zero-order valence-corrected chi connectivity index (χ0v) is 14.9. The van der Waals surface area contributed by atoms with Crippen LogP contribution in [0.4, 0.5) is 0 Å². The third kappa shape index (κ3) is 3.83. The molecule has 5 nitrogen and oxygen atoms in total. The second-order valence-corrected chi connectivity index (χ2v) is 6.60. The van der Waals surface area contributed by atoms with Crippen molar-refractivity contribution in [3.63, 3.8) is 0 Å². The van der Waals surface area contributed by atoms with E-state index in [0.717, 1.165) is 22.4 Å². The number of fused-ring (bicyclic) bond motifs is 1. The second kappa shape index (κ2) is 7.25. The summed E-state index contributed by atoms with van der Waals surface area (Å²) in [6, 6.07) is 15.2. The summed E-state index contributed by atoms with van der Waals surface area (Å²) >= 11 is 6.10. The summed E-state index contributed by atoms with van der Waals surface area (Å²) in [4.78, 5) is 17.7. The molecule has 3 rings (SSSR count). The van der Waals surface area contributed by atoms with Crippen molar-refractivity contribution >= 4 is 28.6 Å². The first-order valence-corrected chi connectivity index (χ1v) is 8.45. The molecular formula is C19H20ClN3O2. The SMILES string of the molecule is CC(C(=O)O)N(C)Cc1nc2cc(Cl)ccc2n1Cc1ccccc1. The van der Waals surface area contributed by atoms with Gasteiger partial charge < -0.3 is 9.67 Å². The van der Waals surface area contributed by atoms with Gasteiger partial charge in [-0.1, -0.05) is 41.9 Å². The third-order valence-corrected chi connectivity index (χ3v) is 4.62. The number of carboxylic acids is 1. The van der Waals surface area contributed by atoms with Crippen LogP contribution in [-0.2, 0) is 17.9 Å². The monoisotopic (exact) mass is 357 g/mol. The largest absolute Gasteiger partial charge is 0.480 e. The minimum Gasteiger partial charge on any atom is -0.480 e. The van der Waals surface area contributed by atoms with E-state index in [1.54, 1.807) is 18.9 Å². The van der Waals surface area contributed by atoms with E-state index in [4.69, 9.17) is 16.6 Å². The van der Waals surface area contributed by atoms with Crippen LogP contribution in [0.1, 0.15) is 18.3 Å². The van der Waals surface area contributed by atoms with Crippen molar-refractivity contribution in [1.82, 2.24) is 14.5 Å². The second-order valence-electron chi connectivity index (χ2n) is 6.16. The van der Waals surface area contributed by atoms with Gasteiger partial charge in [-0.25, -0.2) is 4.98 Å². The van der Waals surface area contributed by atoms with E-state index < -0.39 is 12.0 Å². The molecular weight excluding hydrogens is 338 g/mol. The standard InChI is InChI=1S/C19H20ClN3O2/c1-13(19(24)25)22(2)12-18-21-16-10-15(20)8-9-17(16)23(18)11-14-6-4-3-5-7-14/h3-10,13H,11-12H2,1-2H3,(H,24,25). The van der Waals surface area contributed by atoms with E-state index in [-0.39, 0.29) is 0 Å². The molecule has 0 radical (unpaired) electrons. The number of aromatic nitrogens is 2. The Labute approximate surface area is 151 Å². The van der Waals surface area contributed by atoms with Gasteiger partial charge in [0, 0.05) is 11.6 Å². The van der Waals surface area contributed by atoms with Crippen molar-refractivity contribution in [2.24, 2.45) is 0 Å². The predicted molar refractivity (Wildman–Crippen MR) is 98.9 cm³/mol. The molecule has 1 unspecified atom stereocenters. The molecule has 0 saturated heterocycles. The lowest BCUT2D eigenvalue weighted by molar-refractivity contribution is -0.142. The molecule has 1 heterocycles. The van der Waals surface area contributed by atoms with Crippen LogP contribution >= 0.6 is 11.6 Å². The van der Waals surface area contributed by atoms with Gasteiger partial charge in [0.25, 0.3) is 0 Å². The van der Waals surface area contributed by atoms with Crippen molar-refractivity contribution in [3.8, 4) is 0 Å². The summed E-state index contributed by atoms with van der Waals surface area (Å²) in [5.41, 5.74) is 2.96. The molecule has 0 spiro atoms. The molecule has 3 aromatic rings. The number of rotatable bonds is 6. The van der Waals surface area contributed by atoms with Crippen LogP contribution < -0.4 is 0 Å². The molecule has 0 bridgehead atoms. The highest BCUT2D eigenvalue weighted by Crippen LogP contribution is 2.23. The quantitative estimate of drug-likeness (QED) is 0.731. The van der Waals surface area contributed by atoms with Crippen molar-refractivity contribution in [1.29, 1.82) is 0 Å². The van der Waals surface area contributed by atoms with Gasteiger partial charge in [-0.2, -0.15) is 0 Å². The first kappa shape index (κ1) is 17.5. The summed E-state index contributed by atoms with van der Waals surface area (Å²) < 4.78 is 2.12. The average Bonchev–Trinajstić information content (AvgIpc) is 2.91. The highest BCUT2D eigenvalue weighted by Gasteiger charge is 2.20. The number of benzene rings is 2. The van der Waals surface area contributed by atoms with Crippen molar-refractivity contribution in [2.75, 3.05) is 7.05 Å². The van der Waals surface area contributed by atoms with Crippen LogP contribution in [0.5, 0.6) is 0 Å². The fourth-order valence-corrected chi connectivity index (χ4v) is 2.93. The molecule has 1 N–H and O–H groups in total. The van der Waals surface area contributed by atoms with Gasteiger partial charge >= 0.3 is 5.97 Å². The van der Waals surface area contributed by atoms with Crippen molar-refractivity contribution < 1.29 is 9.90 Å². The van der Waals surface area contributed by atoms with Gasteiger partial charge in [0.2, 0.25) is 0 Å². The molecule has 0 aliphatic rings. The van der Waals surface area contributed by atoms with Crippen LogP contribution in [-0.4, -0.2) is 38.6 Å². The Balaban J connectivity index is 2.01. The Kier molecular flexibility index (Phi) is 5.06. The molecule has 0 saturated carbocycles. The maximum Gasteiger partial charge on any atom is 0.320 e. The number of imidazole rings is 1.